The van der Waals surface area contributed by atoms with E-state index < -0.39 is 0 Å². The minimum Gasteiger partial charge on any atom is -0.391 e. The Labute approximate surface area is 190 Å². The van der Waals surface area contributed by atoms with Gasteiger partial charge in [-0.1, -0.05) is 91.7 Å². The van der Waals surface area contributed by atoms with Gasteiger partial charge in [0.25, 0.3) is 0 Å². The van der Waals surface area contributed by atoms with Gasteiger partial charge in [0.05, 0.1) is 6.10 Å². The van der Waals surface area contributed by atoms with Crippen LogP contribution in [0, 0.1) is 0 Å². The highest BCUT2D eigenvalue weighted by molar-refractivity contribution is 5.84. The lowest BCUT2D eigenvalue weighted by Crippen LogP contribution is -2.44. The summed E-state index contributed by atoms with van der Waals surface area (Å²) >= 11 is 0. The molecule has 1 heterocycles. The van der Waals surface area contributed by atoms with E-state index in [-0.39, 0.29) is 12.1 Å². The summed E-state index contributed by atoms with van der Waals surface area (Å²) in [7, 11) is 0. The quantitative estimate of drug-likeness (QED) is 0.394. The minimum absolute atomic E-state index is 0.209. The van der Waals surface area contributed by atoms with E-state index in [9.17, 15) is 5.11 Å². The molecule has 0 amide bonds. The molecule has 0 radical (unpaired) electrons. The fourth-order valence-corrected chi connectivity index (χ4v) is 5.20. The SMILES string of the molecule is O[C@@H]1CCCC[C@@H]1N(Cc1ccccc1)Cc1cn(Cc2ccccc2)c2ccccc12. The number of hydrogen-bond acceptors (Lipinski definition) is 2. The summed E-state index contributed by atoms with van der Waals surface area (Å²) in [6.45, 7) is 2.58. The number of aliphatic hydroxyl groups excluding tert-OH is 1. The van der Waals surface area contributed by atoms with Gasteiger partial charge >= 0.3 is 0 Å². The third-order valence-electron chi connectivity index (χ3n) is 6.83. The van der Waals surface area contributed by atoms with E-state index in [1.165, 1.54) is 34.0 Å². The molecule has 3 heteroatoms. The van der Waals surface area contributed by atoms with Crippen molar-refractivity contribution in [2.75, 3.05) is 0 Å². The van der Waals surface area contributed by atoms with Crippen molar-refractivity contribution >= 4 is 10.9 Å². The van der Waals surface area contributed by atoms with Crippen LogP contribution < -0.4 is 0 Å². The second-order valence-corrected chi connectivity index (χ2v) is 9.09. The standard InChI is InChI=1S/C29H32N2O/c32-29-18-10-9-17-28(29)31(20-24-13-5-2-6-14-24)22-25-21-30(19-23-11-3-1-4-12-23)27-16-8-7-15-26(25)27/h1-8,11-16,21,28-29,32H,9-10,17-20,22H2/t28-,29+/m0/s1. The van der Waals surface area contributed by atoms with Crippen LogP contribution in [0.5, 0.6) is 0 Å². The predicted molar refractivity (Wildman–Crippen MR) is 131 cm³/mol. The summed E-state index contributed by atoms with van der Waals surface area (Å²) in [5, 5.41) is 12.2. The minimum atomic E-state index is -0.245. The molecule has 0 aliphatic heterocycles. The molecule has 1 fully saturated rings. The van der Waals surface area contributed by atoms with Crippen molar-refractivity contribution in [1.82, 2.24) is 9.47 Å². The van der Waals surface area contributed by atoms with E-state index in [4.69, 9.17) is 0 Å². The van der Waals surface area contributed by atoms with Crippen LogP contribution in [0.2, 0.25) is 0 Å². The van der Waals surface area contributed by atoms with Crippen molar-refractivity contribution in [3.8, 4) is 0 Å². The summed E-state index contributed by atoms with van der Waals surface area (Å²) in [6.07, 6.45) is 6.38. The second kappa shape index (κ2) is 9.72. The monoisotopic (exact) mass is 424 g/mol. The zero-order valence-corrected chi connectivity index (χ0v) is 18.6. The smallest absolute Gasteiger partial charge is 0.0695 e. The van der Waals surface area contributed by atoms with Crippen LogP contribution in [0.1, 0.15) is 42.4 Å². The number of fused-ring (bicyclic) bond motifs is 1. The number of nitrogens with zero attached hydrogens (tertiary/aromatic N) is 2. The van der Waals surface area contributed by atoms with E-state index in [0.717, 1.165) is 38.9 Å². The van der Waals surface area contributed by atoms with Crippen molar-refractivity contribution < 1.29 is 5.11 Å². The fourth-order valence-electron chi connectivity index (χ4n) is 5.20. The molecule has 0 unspecified atom stereocenters. The van der Waals surface area contributed by atoms with Crippen LogP contribution in [0.4, 0.5) is 0 Å². The summed E-state index contributed by atoms with van der Waals surface area (Å²) in [6, 6.07) is 30.3. The molecule has 4 aromatic rings. The van der Waals surface area contributed by atoms with E-state index in [1.54, 1.807) is 0 Å². The van der Waals surface area contributed by atoms with Crippen molar-refractivity contribution in [3.05, 3.63) is 108 Å². The molecule has 1 saturated carbocycles. The van der Waals surface area contributed by atoms with Crippen LogP contribution >= 0.6 is 0 Å². The highest BCUT2D eigenvalue weighted by Gasteiger charge is 2.29. The fraction of sp³-hybridized carbons (Fsp3) is 0.310. The highest BCUT2D eigenvalue weighted by Crippen LogP contribution is 2.29. The normalized spacial score (nSPS) is 18.9. The van der Waals surface area contributed by atoms with Crippen LogP contribution in [0.3, 0.4) is 0 Å². The summed E-state index contributed by atoms with van der Waals surface area (Å²) < 4.78 is 2.37. The van der Waals surface area contributed by atoms with Crippen molar-refractivity contribution in [2.45, 2.75) is 57.5 Å². The topological polar surface area (TPSA) is 28.4 Å². The van der Waals surface area contributed by atoms with Gasteiger partial charge in [-0.3, -0.25) is 4.90 Å². The average molecular weight is 425 g/mol. The maximum Gasteiger partial charge on any atom is 0.0695 e. The Morgan fingerprint density at radius 3 is 2.16 bits per heavy atom. The van der Waals surface area contributed by atoms with Crippen molar-refractivity contribution in [2.24, 2.45) is 0 Å². The lowest BCUT2D eigenvalue weighted by Gasteiger charge is -2.37. The third kappa shape index (κ3) is 4.64. The van der Waals surface area contributed by atoms with Gasteiger partial charge in [0.1, 0.15) is 0 Å². The molecule has 1 aliphatic rings. The molecule has 0 bridgehead atoms. The molecule has 3 aromatic carbocycles. The first-order chi connectivity index (χ1) is 15.8. The Hall–Kier alpha value is -2.88. The maximum atomic E-state index is 10.9. The van der Waals surface area contributed by atoms with Gasteiger partial charge in [0.2, 0.25) is 0 Å². The summed E-state index contributed by atoms with van der Waals surface area (Å²) in [5.41, 5.74) is 5.22. The number of aliphatic hydroxyl groups is 1. The molecule has 5 rings (SSSR count). The van der Waals surface area contributed by atoms with Gasteiger partial charge < -0.3 is 9.67 Å². The van der Waals surface area contributed by atoms with E-state index in [0.29, 0.717) is 0 Å². The van der Waals surface area contributed by atoms with E-state index in [2.05, 4.69) is 101 Å². The lowest BCUT2D eigenvalue weighted by molar-refractivity contribution is 0.0116. The molecule has 1 aromatic heterocycles. The number of para-hydroxylation sites is 1. The number of aromatic nitrogens is 1. The van der Waals surface area contributed by atoms with Gasteiger partial charge in [0.15, 0.2) is 0 Å². The molecule has 1 N–H and O–H groups in total. The van der Waals surface area contributed by atoms with Gasteiger partial charge in [0, 0.05) is 42.8 Å². The number of hydrogen-bond donors (Lipinski definition) is 1. The van der Waals surface area contributed by atoms with Gasteiger partial charge in [-0.05, 0) is 35.6 Å². The molecule has 32 heavy (non-hydrogen) atoms. The Kier molecular flexibility index (Phi) is 6.38. The first kappa shape index (κ1) is 21.0. The second-order valence-electron chi connectivity index (χ2n) is 9.09. The largest absolute Gasteiger partial charge is 0.391 e. The van der Waals surface area contributed by atoms with Crippen LogP contribution in [0.25, 0.3) is 10.9 Å². The van der Waals surface area contributed by atoms with Crippen molar-refractivity contribution in [3.63, 3.8) is 0 Å². The zero-order chi connectivity index (χ0) is 21.8. The Bertz CT molecular complexity index is 1140. The molecular weight excluding hydrogens is 392 g/mol. The molecule has 164 valence electrons. The number of rotatable bonds is 7. The molecule has 2 atom stereocenters. The molecule has 1 aliphatic carbocycles. The molecule has 3 nitrogen and oxygen atoms in total. The molecule has 0 saturated heterocycles. The summed E-state index contributed by atoms with van der Waals surface area (Å²) in [5.74, 6) is 0. The van der Waals surface area contributed by atoms with Crippen LogP contribution in [0.15, 0.2) is 91.1 Å². The highest BCUT2D eigenvalue weighted by atomic mass is 16.3. The Balaban J connectivity index is 1.48. The first-order valence-corrected chi connectivity index (χ1v) is 11.8. The Morgan fingerprint density at radius 1 is 0.750 bits per heavy atom. The third-order valence-corrected chi connectivity index (χ3v) is 6.83. The predicted octanol–water partition coefficient (Wildman–Crippen LogP) is 6.00. The van der Waals surface area contributed by atoms with E-state index >= 15 is 0 Å². The zero-order valence-electron chi connectivity index (χ0n) is 18.6. The van der Waals surface area contributed by atoms with Gasteiger partial charge in [-0.25, -0.2) is 0 Å². The van der Waals surface area contributed by atoms with Crippen LogP contribution in [-0.4, -0.2) is 26.7 Å². The maximum absolute atomic E-state index is 10.9. The van der Waals surface area contributed by atoms with Crippen LogP contribution in [-0.2, 0) is 19.6 Å². The van der Waals surface area contributed by atoms with Gasteiger partial charge in [-0.15, -0.1) is 0 Å². The Morgan fingerprint density at radius 2 is 1.41 bits per heavy atom. The number of benzene rings is 3. The van der Waals surface area contributed by atoms with Crippen molar-refractivity contribution in [1.29, 1.82) is 0 Å². The average Bonchev–Trinajstić information content (AvgIpc) is 3.17. The lowest BCUT2D eigenvalue weighted by atomic mass is 9.90. The van der Waals surface area contributed by atoms with Gasteiger partial charge in [-0.2, -0.15) is 0 Å². The van der Waals surface area contributed by atoms with E-state index in [1.807, 2.05) is 0 Å². The summed E-state index contributed by atoms with van der Waals surface area (Å²) in [4.78, 5) is 2.51. The first-order valence-electron chi connectivity index (χ1n) is 11.8. The molecule has 0 spiro atoms. The molecular formula is C29H32N2O.